The second-order valence-electron chi connectivity index (χ2n) is 8.51. The Kier molecular flexibility index (Phi) is 10.3. The van der Waals surface area contributed by atoms with Crippen molar-refractivity contribution in [2.24, 2.45) is 0 Å². The number of hydrogen-bond acceptors (Lipinski definition) is 4. The predicted octanol–water partition coefficient (Wildman–Crippen LogP) is 4.05. The van der Waals surface area contributed by atoms with Crippen LogP contribution in [0.5, 0.6) is 0 Å². The lowest BCUT2D eigenvalue weighted by atomic mass is 10.0. The van der Waals surface area contributed by atoms with Gasteiger partial charge in [0.15, 0.2) is 0 Å². The van der Waals surface area contributed by atoms with Gasteiger partial charge in [0.1, 0.15) is 18.2 Å². The summed E-state index contributed by atoms with van der Waals surface area (Å²) in [5, 5.41) is 5.49. The molecule has 7 nitrogen and oxygen atoms in total. The van der Waals surface area contributed by atoms with E-state index in [0.717, 1.165) is 18.4 Å². The molecular weight excluding hydrogens is 394 g/mol. The van der Waals surface area contributed by atoms with E-state index in [1.807, 2.05) is 31.2 Å². The summed E-state index contributed by atoms with van der Waals surface area (Å²) < 4.78 is 5.19. The van der Waals surface area contributed by atoms with E-state index in [-0.39, 0.29) is 24.4 Å². The number of rotatable bonds is 10. The molecule has 1 aromatic carbocycles. The van der Waals surface area contributed by atoms with Gasteiger partial charge in [-0.3, -0.25) is 9.59 Å². The average Bonchev–Trinajstić information content (AvgIpc) is 2.68. The average molecular weight is 432 g/mol. The van der Waals surface area contributed by atoms with E-state index in [4.69, 9.17) is 4.74 Å². The van der Waals surface area contributed by atoms with E-state index >= 15 is 0 Å². The lowest BCUT2D eigenvalue weighted by Crippen LogP contribution is -2.49. The van der Waals surface area contributed by atoms with Crippen LogP contribution in [0, 0.1) is 0 Å². The number of likely N-dealkylation sites (N-methyl/N-ethyl adjacent to an activating group) is 1. The van der Waals surface area contributed by atoms with Crippen molar-refractivity contribution in [3.8, 4) is 0 Å². The molecule has 0 bridgehead atoms. The fraction of sp³-hybridized carbons (Fsp3) is 0.542. The molecule has 31 heavy (non-hydrogen) atoms. The third kappa shape index (κ3) is 8.82. The van der Waals surface area contributed by atoms with Gasteiger partial charge in [-0.05, 0) is 58.2 Å². The second-order valence-corrected chi connectivity index (χ2v) is 8.51. The molecule has 1 aromatic rings. The summed E-state index contributed by atoms with van der Waals surface area (Å²) in [5.41, 5.74) is 0.874. The van der Waals surface area contributed by atoms with E-state index in [9.17, 15) is 14.4 Å². The molecule has 0 aliphatic carbocycles. The highest BCUT2D eigenvalue weighted by Crippen LogP contribution is 2.23. The van der Waals surface area contributed by atoms with Gasteiger partial charge in [-0.25, -0.2) is 4.79 Å². The van der Waals surface area contributed by atoms with Crippen LogP contribution in [0.15, 0.2) is 30.8 Å². The Hall–Kier alpha value is -2.83. The number of amides is 3. The van der Waals surface area contributed by atoms with Gasteiger partial charge in [-0.1, -0.05) is 44.2 Å². The fourth-order valence-electron chi connectivity index (χ4n) is 3.22. The third-order valence-corrected chi connectivity index (χ3v) is 4.58. The molecule has 0 fully saturated rings. The van der Waals surface area contributed by atoms with Crippen molar-refractivity contribution in [3.05, 3.63) is 42.0 Å². The number of benzene rings is 1. The largest absolute Gasteiger partial charge is 0.444 e. The van der Waals surface area contributed by atoms with Gasteiger partial charge in [-0.15, -0.1) is 0 Å². The van der Waals surface area contributed by atoms with Gasteiger partial charge in [-0.2, -0.15) is 0 Å². The maximum atomic E-state index is 13.2. The summed E-state index contributed by atoms with van der Waals surface area (Å²) in [7, 11) is 0. The zero-order valence-corrected chi connectivity index (χ0v) is 19.7. The summed E-state index contributed by atoms with van der Waals surface area (Å²) in [6, 6.07) is 6.54. The van der Waals surface area contributed by atoms with Crippen molar-refractivity contribution in [1.82, 2.24) is 15.5 Å². The van der Waals surface area contributed by atoms with Crippen LogP contribution in [-0.4, -0.2) is 47.5 Å². The monoisotopic (exact) mass is 431 g/mol. The maximum Gasteiger partial charge on any atom is 0.408 e. The second kappa shape index (κ2) is 12.1. The number of carbonyl (C=O) groups is 3. The van der Waals surface area contributed by atoms with Crippen molar-refractivity contribution in [2.75, 3.05) is 13.1 Å². The quantitative estimate of drug-likeness (QED) is 0.585. The first-order chi connectivity index (χ1) is 14.5. The van der Waals surface area contributed by atoms with E-state index in [1.54, 1.807) is 33.8 Å². The van der Waals surface area contributed by atoms with Gasteiger partial charge in [0.25, 0.3) is 0 Å². The van der Waals surface area contributed by atoms with Crippen LogP contribution < -0.4 is 10.6 Å². The third-order valence-electron chi connectivity index (χ3n) is 4.58. The Morgan fingerprint density at radius 3 is 2.45 bits per heavy atom. The van der Waals surface area contributed by atoms with Crippen LogP contribution in [0.25, 0.3) is 6.08 Å². The zero-order valence-electron chi connectivity index (χ0n) is 19.7. The number of carbonyl (C=O) groups excluding carboxylic acids is 3. The molecule has 3 amide bonds. The van der Waals surface area contributed by atoms with E-state index in [0.29, 0.717) is 12.1 Å². The number of alkyl carbamates (subject to hydrolysis) is 1. The summed E-state index contributed by atoms with van der Waals surface area (Å²) in [6.45, 7) is 14.9. The molecule has 172 valence electrons. The minimum absolute atomic E-state index is 0.0173. The van der Waals surface area contributed by atoms with Crippen LogP contribution in [0.1, 0.15) is 71.6 Å². The summed E-state index contributed by atoms with van der Waals surface area (Å²) >= 11 is 0. The van der Waals surface area contributed by atoms with Crippen molar-refractivity contribution < 1.29 is 19.1 Å². The molecule has 0 aliphatic heterocycles. The Balaban J connectivity index is 3.12. The van der Waals surface area contributed by atoms with Crippen LogP contribution in [-0.2, 0) is 14.3 Å². The molecular formula is C24H37N3O4. The SMILES string of the molecule is C=Cc1cccc(C(C(=O)NC(C)CCC)N(CC)C(=O)CNC(=O)OC(C)(C)C)c1. The Labute approximate surface area is 186 Å². The van der Waals surface area contributed by atoms with Crippen molar-refractivity contribution in [1.29, 1.82) is 0 Å². The summed E-state index contributed by atoms with van der Waals surface area (Å²) in [5.74, 6) is -0.629. The Bertz CT molecular complexity index is 770. The lowest BCUT2D eigenvalue weighted by molar-refractivity contribution is -0.140. The van der Waals surface area contributed by atoms with Crippen molar-refractivity contribution in [2.45, 2.75) is 72.1 Å². The molecule has 0 saturated heterocycles. The van der Waals surface area contributed by atoms with Crippen LogP contribution in [0.3, 0.4) is 0 Å². The van der Waals surface area contributed by atoms with Gasteiger partial charge in [0.2, 0.25) is 11.8 Å². The van der Waals surface area contributed by atoms with Crippen molar-refractivity contribution in [3.63, 3.8) is 0 Å². The smallest absolute Gasteiger partial charge is 0.408 e. The topological polar surface area (TPSA) is 87.7 Å². The standard InChI is InChI=1S/C24H37N3O4/c1-8-12-17(4)26-22(29)21(19-14-11-13-18(9-2)15-19)27(10-3)20(28)16-25-23(30)31-24(5,6)7/h9,11,13-15,17,21H,2,8,10,12,16H2,1,3-7H3,(H,25,30)(H,26,29). The first-order valence-electron chi connectivity index (χ1n) is 10.8. The number of hydrogen-bond donors (Lipinski definition) is 2. The van der Waals surface area contributed by atoms with Gasteiger partial charge < -0.3 is 20.3 Å². The highest BCUT2D eigenvalue weighted by molar-refractivity contribution is 5.90. The van der Waals surface area contributed by atoms with Crippen LogP contribution in [0.2, 0.25) is 0 Å². The molecule has 0 heterocycles. The zero-order chi connectivity index (χ0) is 23.6. The Morgan fingerprint density at radius 2 is 1.90 bits per heavy atom. The summed E-state index contributed by atoms with van der Waals surface area (Å²) in [4.78, 5) is 39.6. The van der Waals surface area contributed by atoms with Crippen molar-refractivity contribution >= 4 is 24.0 Å². The maximum absolute atomic E-state index is 13.2. The van der Waals surface area contributed by atoms with Crippen LogP contribution >= 0.6 is 0 Å². The molecule has 0 aliphatic rings. The van der Waals surface area contributed by atoms with Crippen LogP contribution in [0.4, 0.5) is 4.79 Å². The molecule has 2 unspecified atom stereocenters. The van der Waals surface area contributed by atoms with E-state index in [1.165, 1.54) is 4.90 Å². The predicted molar refractivity (Wildman–Crippen MR) is 123 cm³/mol. The molecule has 0 spiro atoms. The number of ether oxygens (including phenoxy) is 1. The molecule has 1 rings (SSSR count). The molecule has 0 aromatic heterocycles. The highest BCUT2D eigenvalue weighted by Gasteiger charge is 2.31. The fourth-order valence-corrected chi connectivity index (χ4v) is 3.22. The summed E-state index contributed by atoms with van der Waals surface area (Å²) in [6.07, 6.45) is 2.79. The minimum Gasteiger partial charge on any atom is -0.444 e. The van der Waals surface area contributed by atoms with E-state index in [2.05, 4.69) is 24.1 Å². The lowest BCUT2D eigenvalue weighted by Gasteiger charge is -2.31. The van der Waals surface area contributed by atoms with Gasteiger partial charge in [0, 0.05) is 12.6 Å². The first-order valence-corrected chi connectivity index (χ1v) is 10.8. The van der Waals surface area contributed by atoms with E-state index < -0.39 is 17.7 Å². The Morgan fingerprint density at radius 1 is 1.23 bits per heavy atom. The van der Waals surface area contributed by atoms with Gasteiger partial charge in [0.05, 0.1) is 0 Å². The highest BCUT2D eigenvalue weighted by atomic mass is 16.6. The number of nitrogens with zero attached hydrogens (tertiary/aromatic N) is 1. The first kappa shape index (κ1) is 26.2. The number of nitrogens with one attached hydrogen (secondary N) is 2. The molecule has 0 saturated carbocycles. The normalized spacial score (nSPS) is 13.0. The molecule has 2 atom stereocenters. The molecule has 0 radical (unpaired) electrons. The molecule has 7 heteroatoms. The van der Waals surface area contributed by atoms with Gasteiger partial charge >= 0.3 is 6.09 Å². The molecule has 2 N–H and O–H groups in total. The minimum atomic E-state index is -0.822.